The van der Waals surface area contributed by atoms with Crippen LogP contribution >= 0.6 is 0 Å². The molecule has 0 aromatic heterocycles. The zero-order chi connectivity index (χ0) is 8.69. The highest BCUT2D eigenvalue weighted by Gasteiger charge is 2.02. The molecule has 0 fully saturated rings. The number of nitrogens with two attached hydrogens (primary N) is 2. The Hall–Kier alpha value is -0.420. The van der Waals surface area contributed by atoms with Gasteiger partial charge in [0.05, 0.1) is 10.8 Å². The van der Waals surface area contributed by atoms with Crippen molar-refractivity contribution in [3.63, 3.8) is 0 Å². The zero-order valence-electron chi connectivity index (χ0n) is 6.75. The largest absolute Gasteiger partial charge is 0.377 e. The SMILES string of the molecule is CCN=C(N)S(=O)CCCN. The highest BCUT2D eigenvalue weighted by molar-refractivity contribution is 8.00. The third-order valence-corrected chi connectivity index (χ3v) is 2.34. The lowest BCUT2D eigenvalue weighted by molar-refractivity contribution is 0.687. The van der Waals surface area contributed by atoms with Gasteiger partial charge in [-0.25, -0.2) is 0 Å². The molecule has 0 aliphatic heterocycles. The van der Waals surface area contributed by atoms with E-state index < -0.39 is 10.8 Å². The number of rotatable bonds is 4. The number of amidine groups is 1. The number of nitrogens with zero attached hydrogens (tertiary/aromatic N) is 1. The van der Waals surface area contributed by atoms with Crippen LogP contribution in [0.1, 0.15) is 13.3 Å². The maximum Gasteiger partial charge on any atom is 0.184 e. The molecule has 0 saturated carbocycles. The summed E-state index contributed by atoms with van der Waals surface area (Å²) in [5.41, 5.74) is 10.6. The fraction of sp³-hybridized carbons (Fsp3) is 0.833. The Balaban J connectivity index is 3.73. The Morgan fingerprint density at radius 1 is 1.64 bits per heavy atom. The van der Waals surface area contributed by atoms with E-state index in [9.17, 15) is 4.21 Å². The molecule has 0 radical (unpaired) electrons. The molecule has 1 unspecified atom stereocenters. The Kier molecular flexibility index (Phi) is 6.06. The van der Waals surface area contributed by atoms with Crippen LogP contribution in [0.2, 0.25) is 0 Å². The van der Waals surface area contributed by atoms with Crippen LogP contribution in [0.25, 0.3) is 0 Å². The van der Waals surface area contributed by atoms with Crippen molar-refractivity contribution in [2.45, 2.75) is 13.3 Å². The van der Waals surface area contributed by atoms with Crippen LogP contribution in [0.3, 0.4) is 0 Å². The predicted octanol–water partition coefficient (Wildman–Crippen LogP) is -0.581. The molecule has 66 valence electrons. The van der Waals surface area contributed by atoms with Gasteiger partial charge in [-0.05, 0) is 19.9 Å². The Labute approximate surface area is 69.5 Å². The minimum atomic E-state index is -1.12. The van der Waals surface area contributed by atoms with Crippen molar-refractivity contribution in [3.8, 4) is 0 Å². The van der Waals surface area contributed by atoms with Gasteiger partial charge >= 0.3 is 0 Å². The Morgan fingerprint density at radius 2 is 2.27 bits per heavy atom. The predicted molar refractivity (Wildman–Crippen MR) is 48.8 cm³/mol. The standard InChI is InChI=1S/C6H15N3OS/c1-2-9-6(8)11(10)5-3-4-7/h2-5,7H2,1H3,(H2,8,9). The van der Waals surface area contributed by atoms with Crippen LogP contribution in [0.5, 0.6) is 0 Å². The molecule has 11 heavy (non-hydrogen) atoms. The Morgan fingerprint density at radius 3 is 2.73 bits per heavy atom. The molecule has 0 aliphatic carbocycles. The lowest BCUT2D eigenvalue weighted by atomic mass is 10.5. The first-order valence-corrected chi connectivity index (χ1v) is 4.92. The molecule has 0 saturated heterocycles. The van der Waals surface area contributed by atoms with Crippen molar-refractivity contribution in [2.24, 2.45) is 16.5 Å². The van der Waals surface area contributed by atoms with Gasteiger partial charge in [0.25, 0.3) is 0 Å². The molecule has 1 atom stereocenters. The summed E-state index contributed by atoms with van der Waals surface area (Å²) in [6.45, 7) is 2.98. The van der Waals surface area contributed by atoms with Gasteiger partial charge in [0.2, 0.25) is 0 Å². The van der Waals surface area contributed by atoms with Gasteiger partial charge in [-0.2, -0.15) is 0 Å². The first-order chi connectivity index (χ1) is 5.22. The molecule has 0 bridgehead atoms. The third-order valence-electron chi connectivity index (χ3n) is 1.08. The highest BCUT2D eigenvalue weighted by Crippen LogP contribution is 1.86. The van der Waals surface area contributed by atoms with Crippen molar-refractivity contribution < 1.29 is 4.21 Å². The monoisotopic (exact) mass is 177 g/mol. The number of aliphatic imine (C=N–C) groups is 1. The van der Waals surface area contributed by atoms with E-state index in [4.69, 9.17) is 11.5 Å². The first-order valence-electron chi connectivity index (χ1n) is 3.60. The average molecular weight is 177 g/mol. The molecule has 4 N–H and O–H groups in total. The zero-order valence-corrected chi connectivity index (χ0v) is 7.56. The average Bonchev–Trinajstić information content (AvgIpc) is 2.00. The van der Waals surface area contributed by atoms with Gasteiger partial charge in [-0.15, -0.1) is 0 Å². The van der Waals surface area contributed by atoms with Crippen LogP contribution in [-0.4, -0.2) is 28.2 Å². The van der Waals surface area contributed by atoms with Crippen LogP contribution < -0.4 is 11.5 Å². The summed E-state index contributed by atoms with van der Waals surface area (Å²) in [4.78, 5) is 3.83. The maximum absolute atomic E-state index is 11.1. The van der Waals surface area contributed by atoms with Crippen molar-refractivity contribution >= 4 is 16.0 Å². The van der Waals surface area contributed by atoms with Crippen LogP contribution in [0.15, 0.2) is 4.99 Å². The summed E-state index contributed by atoms with van der Waals surface area (Å²) in [5, 5.41) is 0.237. The first kappa shape index (κ1) is 10.6. The van der Waals surface area contributed by atoms with Gasteiger partial charge < -0.3 is 11.5 Å². The lowest BCUT2D eigenvalue weighted by Crippen LogP contribution is -2.22. The molecule has 0 aromatic carbocycles. The summed E-state index contributed by atoms with van der Waals surface area (Å²) >= 11 is 0. The summed E-state index contributed by atoms with van der Waals surface area (Å²) in [7, 11) is -1.12. The van der Waals surface area contributed by atoms with Gasteiger partial charge in [-0.1, -0.05) is 0 Å². The molecular weight excluding hydrogens is 162 g/mol. The summed E-state index contributed by atoms with van der Waals surface area (Å²) in [6, 6.07) is 0. The number of hydrogen-bond donors (Lipinski definition) is 2. The molecule has 0 amide bonds. The maximum atomic E-state index is 11.1. The van der Waals surface area contributed by atoms with E-state index in [2.05, 4.69) is 4.99 Å². The molecule has 4 nitrogen and oxygen atoms in total. The van der Waals surface area contributed by atoms with Crippen LogP contribution in [-0.2, 0) is 10.8 Å². The van der Waals surface area contributed by atoms with Crippen LogP contribution in [0.4, 0.5) is 0 Å². The van der Waals surface area contributed by atoms with E-state index in [1.807, 2.05) is 6.92 Å². The van der Waals surface area contributed by atoms with Crippen molar-refractivity contribution in [2.75, 3.05) is 18.8 Å². The second-order valence-corrected chi connectivity index (χ2v) is 3.52. The van der Waals surface area contributed by atoms with Crippen molar-refractivity contribution in [1.29, 1.82) is 0 Å². The smallest absolute Gasteiger partial charge is 0.184 e. The van der Waals surface area contributed by atoms with E-state index in [0.717, 1.165) is 6.42 Å². The quantitative estimate of drug-likeness (QED) is 0.445. The van der Waals surface area contributed by atoms with Crippen molar-refractivity contribution in [3.05, 3.63) is 0 Å². The van der Waals surface area contributed by atoms with E-state index in [-0.39, 0.29) is 5.17 Å². The summed E-state index contributed by atoms with van der Waals surface area (Å²) < 4.78 is 11.1. The normalized spacial score (nSPS) is 14.9. The lowest BCUT2D eigenvalue weighted by Gasteiger charge is -1.98. The number of hydrogen-bond acceptors (Lipinski definition) is 3. The molecule has 0 aromatic rings. The summed E-state index contributed by atoms with van der Waals surface area (Å²) in [5.74, 6) is 0.520. The molecule has 5 heteroatoms. The molecule has 0 rings (SSSR count). The van der Waals surface area contributed by atoms with Crippen molar-refractivity contribution in [1.82, 2.24) is 0 Å². The molecule has 0 heterocycles. The minimum absolute atomic E-state index is 0.237. The van der Waals surface area contributed by atoms with Gasteiger partial charge in [0, 0.05) is 12.3 Å². The summed E-state index contributed by atoms with van der Waals surface area (Å²) in [6.07, 6.45) is 0.729. The fourth-order valence-corrected chi connectivity index (χ4v) is 1.46. The molecule has 0 aliphatic rings. The third kappa shape index (κ3) is 4.92. The fourth-order valence-electron chi connectivity index (χ4n) is 0.547. The van der Waals surface area contributed by atoms with E-state index in [1.54, 1.807) is 0 Å². The molecule has 0 spiro atoms. The topological polar surface area (TPSA) is 81.5 Å². The Bertz CT molecular complexity index is 158. The van der Waals surface area contributed by atoms with Crippen LogP contribution in [0, 0.1) is 0 Å². The van der Waals surface area contributed by atoms with Gasteiger partial charge in [-0.3, -0.25) is 9.20 Å². The highest BCUT2D eigenvalue weighted by atomic mass is 32.2. The second kappa shape index (κ2) is 6.30. The minimum Gasteiger partial charge on any atom is -0.377 e. The van der Waals surface area contributed by atoms with Gasteiger partial charge in [0.15, 0.2) is 5.17 Å². The van der Waals surface area contributed by atoms with E-state index >= 15 is 0 Å². The van der Waals surface area contributed by atoms with E-state index in [1.165, 1.54) is 0 Å². The second-order valence-electron chi connectivity index (χ2n) is 2.00. The molecular formula is C6H15N3OS. The van der Waals surface area contributed by atoms with E-state index in [0.29, 0.717) is 18.8 Å². The van der Waals surface area contributed by atoms with Gasteiger partial charge in [0.1, 0.15) is 0 Å².